The number of benzene rings is 3. The third-order valence-corrected chi connectivity index (χ3v) is 6.07. The number of hydrogen-bond acceptors (Lipinski definition) is 3. The van der Waals surface area contributed by atoms with Crippen molar-refractivity contribution in [1.29, 1.82) is 0 Å². The molecule has 0 bridgehead atoms. The van der Waals surface area contributed by atoms with Crippen LogP contribution in [0.3, 0.4) is 0 Å². The van der Waals surface area contributed by atoms with Crippen LogP contribution in [0.2, 0.25) is 0 Å². The smallest absolute Gasteiger partial charge is 0.220 e. The van der Waals surface area contributed by atoms with E-state index in [-0.39, 0.29) is 0 Å². The van der Waals surface area contributed by atoms with Gasteiger partial charge < -0.3 is 16.4 Å². The van der Waals surface area contributed by atoms with Crippen LogP contribution in [0.25, 0.3) is 32.9 Å². The van der Waals surface area contributed by atoms with Gasteiger partial charge >= 0.3 is 0 Å². The Labute approximate surface area is 178 Å². The van der Waals surface area contributed by atoms with E-state index in [4.69, 9.17) is 11.5 Å². The van der Waals surface area contributed by atoms with Crippen molar-refractivity contribution in [3.05, 3.63) is 66.7 Å². The second-order valence-corrected chi connectivity index (χ2v) is 7.75. The number of fused-ring (bicyclic) bond motifs is 3. The molecule has 4 heteroatoms. The highest BCUT2D eigenvalue weighted by atomic mass is 15.1. The zero-order valence-corrected chi connectivity index (χ0v) is 17.9. The van der Waals surface area contributed by atoms with Gasteiger partial charge in [0.15, 0.2) is 6.54 Å². The van der Waals surface area contributed by atoms with Gasteiger partial charge in [0.05, 0.1) is 22.1 Å². The average Bonchev–Trinajstić information content (AvgIpc) is 2.79. The lowest BCUT2D eigenvalue weighted by Crippen LogP contribution is -2.39. The molecule has 0 unspecified atom stereocenters. The molecule has 4 rings (SSSR count). The third kappa shape index (κ3) is 3.59. The summed E-state index contributed by atoms with van der Waals surface area (Å²) in [5.41, 5.74) is 17.6. The van der Waals surface area contributed by atoms with Crippen molar-refractivity contribution in [2.24, 2.45) is 0 Å². The van der Waals surface area contributed by atoms with E-state index in [0.29, 0.717) is 11.4 Å². The Morgan fingerprint density at radius 3 is 2.17 bits per heavy atom. The Kier molecular flexibility index (Phi) is 5.86. The molecule has 0 aliphatic rings. The summed E-state index contributed by atoms with van der Waals surface area (Å²) in [6.45, 7) is 8.60. The molecule has 0 aliphatic carbocycles. The van der Waals surface area contributed by atoms with Crippen LogP contribution in [-0.4, -0.2) is 24.5 Å². The molecule has 3 aromatic carbocycles. The third-order valence-electron chi connectivity index (χ3n) is 6.07. The highest BCUT2D eigenvalue weighted by Crippen LogP contribution is 2.36. The van der Waals surface area contributed by atoms with Crippen molar-refractivity contribution in [3.8, 4) is 11.3 Å². The van der Waals surface area contributed by atoms with Crippen LogP contribution in [0.4, 0.5) is 11.4 Å². The summed E-state index contributed by atoms with van der Waals surface area (Å²) in [7, 11) is 0. The molecule has 4 aromatic rings. The predicted molar refractivity (Wildman–Crippen MR) is 128 cm³/mol. The van der Waals surface area contributed by atoms with Crippen LogP contribution in [-0.2, 0) is 6.54 Å². The maximum atomic E-state index is 6.52. The first kappa shape index (κ1) is 20.2. The average molecular weight is 400 g/mol. The van der Waals surface area contributed by atoms with Crippen LogP contribution in [0.5, 0.6) is 0 Å². The molecular weight excluding hydrogens is 368 g/mol. The summed E-state index contributed by atoms with van der Waals surface area (Å²) in [4.78, 5) is 2.47. The molecule has 0 radical (unpaired) electrons. The van der Waals surface area contributed by atoms with Gasteiger partial charge in [0.1, 0.15) is 0 Å². The summed E-state index contributed by atoms with van der Waals surface area (Å²) < 4.78 is 2.44. The quantitative estimate of drug-likeness (QED) is 0.265. The second kappa shape index (κ2) is 8.72. The topological polar surface area (TPSA) is 59.2 Å². The Hall–Kier alpha value is -3.11. The van der Waals surface area contributed by atoms with Crippen molar-refractivity contribution >= 4 is 33.1 Å². The van der Waals surface area contributed by atoms with Crippen molar-refractivity contribution in [2.45, 2.75) is 26.8 Å². The lowest BCUT2D eigenvalue weighted by Gasteiger charge is -2.18. The van der Waals surface area contributed by atoms with E-state index in [9.17, 15) is 0 Å². The normalized spacial score (nSPS) is 11.6. The van der Waals surface area contributed by atoms with Crippen molar-refractivity contribution in [2.75, 3.05) is 31.1 Å². The van der Waals surface area contributed by atoms with Gasteiger partial charge in [0, 0.05) is 30.0 Å². The first-order chi connectivity index (χ1) is 14.7. The van der Waals surface area contributed by atoms with Gasteiger partial charge in [-0.05, 0) is 37.4 Å². The standard InChI is InChI=1S/C26H30N4/c1-3-29(4-2)17-10-18-30-23-16-15-22(27)25(28)24(23)20-13-8-9-14-21(20)26(30)19-11-6-5-7-12-19/h5-9,11-16,28H,3-4,10,17-18,27H2,1-2H3/p+1. The molecule has 0 aliphatic heterocycles. The highest BCUT2D eigenvalue weighted by molar-refractivity contribution is 6.15. The van der Waals surface area contributed by atoms with Crippen LogP contribution < -0.4 is 16.0 Å². The fraction of sp³-hybridized carbons (Fsp3) is 0.269. The van der Waals surface area contributed by atoms with E-state index < -0.39 is 0 Å². The largest absolute Gasteiger partial charge is 0.397 e. The Balaban J connectivity index is 1.99. The SMILES string of the molecule is CCN(CC)CCC[n+]1c(-c2ccccc2)c2ccccc2c2c(N)c(N)ccc21. The monoisotopic (exact) mass is 399 g/mol. The molecule has 4 nitrogen and oxygen atoms in total. The van der Waals surface area contributed by atoms with Crippen molar-refractivity contribution in [3.63, 3.8) is 0 Å². The Morgan fingerprint density at radius 1 is 0.800 bits per heavy atom. The minimum Gasteiger partial charge on any atom is -0.397 e. The number of hydrogen-bond donors (Lipinski definition) is 2. The minimum absolute atomic E-state index is 0.634. The van der Waals surface area contributed by atoms with E-state index >= 15 is 0 Å². The van der Waals surface area contributed by atoms with Gasteiger partial charge in [-0.25, -0.2) is 0 Å². The number of anilines is 2. The van der Waals surface area contributed by atoms with Crippen LogP contribution >= 0.6 is 0 Å². The summed E-state index contributed by atoms with van der Waals surface area (Å²) in [6, 6.07) is 23.2. The number of aromatic nitrogens is 1. The van der Waals surface area contributed by atoms with Crippen LogP contribution in [0.1, 0.15) is 20.3 Å². The second-order valence-electron chi connectivity index (χ2n) is 7.75. The molecule has 1 aromatic heterocycles. The minimum atomic E-state index is 0.634. The predicted octanol–water partition coefficient (Wildman–Crippen LogP) is 4.84. The van der Waals surface area contributed by atoms with Crippen LogP contribution in [0.15, 0.2) is 66.7 Å². The van der Waals surface area contributed by atoms with E-state index in [2.05, 4.69) is 84.0 Å². The maximum Gasteiger partial charge on any atom is 0.220 e. The first-order valence-corrected chi connectivity index (χ1v) is 10.9. The molecule has 0 amide bonds. The fourth-order valence-electron chi connectivity index (χ4n) is 4.44. The van der Waals surface area contributed by atoms with E-state index in [1.165, 1.54) is 16.6 Å². The number of rotatable bonds is 7. The van der Waals surface area contributed by atoms with Gasteiger partial charge in [-0.2, -0.15) is 4.57 Å². The van der Waals surface area contributed by atoms with Gasteiger partial charge in [-0.1, -0.05) is 50.2 Å². The van der Waals surface area contributed by atoms with Crippen LogP contribution in [0, 0.1) is 0 Å². The number of nitrogens with zero attached hydrogens (tertiary/aromatic N) is 2. The molecular formula is C26H31N4+. The van der Waals surface area contributed by atoms with Gasteiger partial charge in [0.2, 0.25) is 11.2 Å². The van der Waals surface area contributed by atoms with E-state index in [0.717, 1.165) is 48.9 Å². The van der Waals surface area contributed by atoms with Crippen molar-refractivity contribution in [1.82, 2.24) is 4.90 Å². The summed E-state index contributed by atoms with van der Waals surface area (Å²) in [5, 5.41) is 3.40. The molecule has 4 N–H and O–H groups in total. The van der Waals surface area contributed by atoms with Gasteiger partial charge in [0.25, 0.3) is 0 Å². The fourth-order valence-corrected chi connectivity index (χ4v) is 4.44. The molecule has 154 valence electrons. The summed E-state index contributed by atoms with van der Waals surface area (Å²) in [5.74, 6) is 0. The van der Waals surface area contributed by atoms with Crippen molar-refractivity contribution < 1.29 is 4.57 Å². The zero-order valence-electron chi connectivity index (χ0n) is 17.9. The summed E-state index contributed by atoms with van der Waals surface area (Å²) in [6.07, 6.45) is 1.07. The lowest BCUT2D eigenvalue weighted by molar-refractivity contribution is -0.659. The Morgan fingerprint density at radius 2 is 1.47 bits per heavy atom. The number of nitrogen functional groups attached to an aromatic ring is 2. The molecule has 0 saturated carbocycles. The maximum absolute atomic E-state index is 6.52. The van der Waals surface area contributed by atoms with E-state index in [1.54, 1.807) is 0 Å². The number of nitrogens with two attached hydrogens (primary N) is 2. The molecule has 1 heterocycles. The van der Waals surface area contributed by atoms with Gasteiger partial charge in [-0.3, -0.25) is 0 Å². The number of pyridine rings is 1. The number of aryl methyl sites for hydroxylation is 1. The Bertz CT molecular complexity index is 1160. The van der Waals surface area contributed by atoms with Gasteiger partial charge in [-0.15, -0.1) is 0 Å². The molecule has 0 fully saturated rings. The zero-order chi connectivity index (χ0) is 21.1. The first-order valence-electron chi connectivity index (χ1n) is 10.9. The molecule has 0 atom stereocenters. The molecule has 0 saturated heterocycles. The summed E-state index contributed by atoms with van der Waals surface area (Å²) >= 11 is 0. The molecule has 0 spiro atoms. The lowest BCUT2D eigenvalue weighted by atomic mass is 9.97. The van der Waals surface area contributed by atoms with E-state index in [1.807, 2.05) is 6.07 Å². The highest BCUT2D eigenvalue weighted by Gasteiger charge is 2.24. The molecule has 30 heavy (non-hydrogen) atoms.